The molecule has 368 valence electrons. The van der Waals surface area contributed by atoms with Crippen molar-refractivity contribution in [3.8, 4) is 11.5 Å². The van der Waals surface area contributed by atoms with Crippen molar-refractivity contribution in [1.82, 2.24) is 0 Å². The van der Waals surface area contributed by atoms with Gasteiger partial charge < -0.3 is 29.2 Å². The van der Waals surface area contributed by atoms with Crippen molar-refractivity contribution in [1.29, 1.82) is 0 Å². The number of anilines is 15. The van der Waals surface area contributed by atoms with Gasteiger partial charge in [-0.15, -0.1) is 0 Å². The highest BCUT2D eigenvalue weighted by Gasteiger charge is 2.51. The van der Waals surface area contributed by atoms with Crippen LogP contribution in [0.5, 0.6) is 11.5 Å². The fraction of sp³-hybridized carbons (Fsp3) is 0.0571. The van der Waals surface area contributed by atoms with E-state index >= 15 is 0 Å². The van der Waals surface area contributed by atoms with E-state index in [2.05, 4.69) is 300 Å². The summed E-state index contributed by atoms with van der Waals surface area (Å²) in [6.07, 6.45) is 0. The summed E-state index contributed by atoms with van der Waals surface area (Å²) in [5.41, 5.74) is 25.0. The SMILES string of the molecule is CC(C)(C)c1cc2c3c(c1)N(c1ccccc1)c1cccc4c1B3c1cc3c(cc1N2c1ccccc1)N(c1ccccc1)c1cc(N(c2ccccc2)c2ccccc2)cc2c1B3c1c(cccc1N2c1ccccc1)O4. The number of nitrogens with zero attached hydrogens (tertiary/aromatic N) is 5. The van der Waals surface area contributed by atoms with Crippen LogP contribution in [0.3, 0.4) is 0 Å². The molecule has 0 fully saturated rings. The van der Waals surface area contributed by atoms with E-state index in [1.807, 2.05) is 0 Å². The van der Waals surface area contributed by atoms with Crippen molar-refractivity contribution in [2.45, 2.75) is 26.2 Å². The van der Waals surface area contributed by atoms with Crippen LogP contribution in [0.1, 0.15) is 26.3 Å². The van der Waals surface area contributed by atoms with Crippen LogP contribution in [0, 0.1) is 0 Å². The van der Waals surface area contributed by atoms with E-state index in [0.29, 0.717) is 0 Å². The Bertz CT molecular complexity index is 4160. The zero-order valence-corrected chi connectivity index (χ0v) is 43.5. The molecular formula is C70H51B2N5O. The second kappa shape index (κ2) is 16.9. The molecule has 0 aliphatic carbocycles. The Morgan fingerprint density at radius 3 is 1.03 bits per heavy atom. The van der Waals surface area contributed by atoms with Gasteiger partial charge in [-0.05, 0) is 171 Å². The lowest BCUT2D eigenvalue weighted by atomic mass is 9.29. The third kappa shape index (κ3) is 6.53. The summed E-state index contributed by atoms with van der Waals surface area (Å²) in [7, 11) is 0. The lowest BCUT2D eigenvalue weighted by molar-refractivity contribution is 0.490. The van der Waals surface area contributed by atoms with Gasteiger partial charge in [-0.2, -0.15) is 0 Å². The maximum Gasteiger partial charge on any atom is 0.256 e. The van der Waals surface area contributed by atoms with Gasteiger partial charge in [0.1, 0.15) is 11.5 Å². The molecule has 11 aromatic carbocycles. The van der Waals surface area contributed by atoms with Crippen LogP contribution >= 0.6 is 0 Å². The van der Waals surface area contributed by atoms with E-state index in [-0.39, 0.29) is 18.8 Å². The van der Waals surface area contributed by atoms with Crippen molar-refractivity contribution in [3.63, 3.8) is 0 Å². The number of benzene rings is 11. The maximum atomic E-state index is 7.81. The molecule has 0 aromatic heterocycles. The molecular weight excluding hydrogens is 948 g/mol. The summed E-state index contributed by atoms with van der Waals surface area (Å²) >= 11 is 0. The average molecular weight is 1000 g/mol. The molecule has 5 heterocycles. The first-order chi connectivity index (χ1) is 38.4. The van der Waals surface area contributed by atoms with Crippen LogP contribution in [0.4, 0.5) is 85.3 Å². The molecule has 6 nitrogen and oxygen atoms in total. The third-order valence-electron chi connectivity index (χ3n) is 16.7. The zero-order valence-electron chi connectivity index (χ0n) is 43.5. The van der Waals surface area contributed by atoms with Gasteiger partial charge in [-0.3, -0.25) is 0 Å². The van der Waals surface area contributed by atoms with Gasteiger partial charge in [-0.1, -0.05) is 148 Å². The monoisotopic (exact) mass is 999 g/mol. The van der Waals surface area contributed by atoms with Gasteiger partial charge >= 0.3 is 0 Å². The third-order valence-corrected chi connectivity index (χ3v) is 16.7. The van der Waals surface area contributed by atoms with Crippen molar-refractivity contribution in [3.05, 3.63) is 260 Å². The van der Waals surface area contributed by atoms with E-state index < -0.39 is 0 Å². The standard InChI is InChI=1S/C70H51B2N5O/c1-70(2,3)46-40-60-66-61(41-46)76(51-32-18-8-19-33-51)58-45-59-55-44-54(58)71(66)68-56(74(60)49-28-14-6-15-29-49)36-22-38-64(68)78-65-39-23-37-57-69(65)72(55)67-62(75(57)50-30-16-7-17-31-50)42-53(43-63(67)77(59)52-34-20-9-21-35-52)73(47-24-10-4-11-25-47)48-26-12-5-13-27-48/h4-45H,1-3H3. The summed E-state index contributed by atoms with van der Waals surface area (Å²) in [5, 5.41) is 0. The number of hydrogen-bond donors (Lipinski definition) is 0. The Morgan fingerprint density at radius 1 is 0.308 bits per heavy atom. The molecule has 0 spiro atoms. The molecule has 5 aliphatic rings. The van der Waals surface area contributed by atoms with Crippen LogP contribution in [-0.2, 0) is 5.41 Å². The molecule has 0 atom stereocenters. The number of para-hydroxylation sites is 6. The summed E-state index contributed by atoms with van der Waals surface area (Å²) in [5.74, 6) is 1.70. The lowest BCUT2D eigenvalue weighted by Crippen LogP contribution is -2.66. The highest BCUT2D eigenvalue weighted by molar-refractivity contribution is 7.03. The Hall–Kier alpha value is -9.65. The molecule has 2 bridgehead atoms. The molecule has 0 unspecified atom stereocenters. The Morgan fingerprint density at radius 2 is 0.654 bits per heavy atom. The predicted octanol–water partition coefficient (Wildman–Crippen LogP) is 14.7. The molecule has 0 amide bonds. The minimum Gasteiger partial charge on any atom is -0.458 e. The molecule has 78 heavy (non-hydrogen) atoms. The van der Waals surface area contributed by atoms with E-state index in [4.69, 9.17) is 4.74 Å². The van der Waals surface area contributed by atoms with Crippen LogP contribution in [0.25, 0.3) is 0 Å². The van der Waals surface area contributed by atoms with Gasteiger partial charge in [0.15, 0.2) is 0 Å². The van der Waals surface area contributed by atoms with E-state index in [0.717, 1.165) is 96.4 Å². The van der Waals surface area contributed by atoms with Crippen molar-refractivity contribution >= 4 is 132 Å². The van der Waals surface area contributed by atoms with Crippen LogP contribution < -0.4 is 62.0 Å². The number of ether oxygens (including phenoxy) is 1. The molecule has 5 aliphatic heterocycles. The van der Waals surface area contributed by atoms with Crippen molar-refractivity contribution < 1.29 is 4.74 Å². The van der Waals surface area contributed by atoms with Gasteiger partial charge in [-0.25, -0.2) is 0 Å². The van der Waals surface area contributed by atoms with Gasteiger partial charge in [0, 0.05) is 79.6 Å². The Balaban J connectivity index is 1.08. The van der Waals surface area contributed by atoms with Crippen LogP contribution in [0.15, 0.2) is 255 Å². The normalized spacial score (nSPS) is 13.8. The van der Waals surface area contributed by atoms with Gasteiger partial charge in [0.05, 0.1) is 5.69 Å². The minimum absolute atomic E-state index is 0.166. The summed E-state index contributed by atoms with van der Waals surface area (Å²) < 4.78 is 7.81. The molecule has 11 aromatic rings. The largest absolute Gasteiger partial charge is 0.458 e. The smallest absolute Gasteiger partial charge is 0.256 e. The fourth-order valence-corrected chi connectivity index (χ4v) is 13.4. The van der Waals surface area contributed by atoms with Crippen molar-refractivity contribution in [2.24, 2.45) is 0 Å². The van der Waals surface area contributed by atoms with Gasteiger partial charge in [0.25, 0.3) is 13.4 Å². The quantitative estimate of drug-likeness (QED) is 0.148. The van der Waals surface area contributed by atoms with E-state index in [9.17, 15) is 0 Å². The Kier molecular flexibility index (Phi) is 9.68. The molecule has 0 saturated carbocycles. The first-order valence-electron chi connectivity index (χ1n) is 27.2. The highest BCUT2D eigenvalue weighted by atomic mass is 16.5. The average Bonchev–Trinajstić information content (AvgIpc) is 2.55. The highest BCUT2D eigenvalue weighted by Crippen LogP contribution is 2.53. The summed E-state index contributed by atoms with van der Waals surface area (Å²) in [6, 6.07) is 93.8. The molecule has 0 N–H and O–H groups in total. The lowest BCUT2D eigenvalue weighted by Gasteiger charge is -2.48. The van der Waals surface area contributed by atoms with E-state index in [1.165, 1.54) is 38.8 Å². The minimum atomic E-state index is -0.221. The van der Waals surface area contributed by atoms with Crippen LogP contribution in [0.2, 0.25) is 0 Å². The number of hydrogen-bond acceptors (Lipinski definition) is 6. The first-order valence-corrected chi connectivity index (χ1v) is 27.2. The molecule has 0 saturated heterocycles. The fourth-order valence-electron chi connectivity index (χ4n) is 13.4. The first kappa shape index (κ1) is 44.6. The second-order valence-electron chi connectivity index (χ2n) is 22.1. The number of rotatable bonds is 7. The second-order valence-corrected chi connectivity index (χ2v) is 22.1. The van der Waals surface area contributed by atoms with Crippen LogP contribution in [-0.4, -0.2) is 13.4 Å². The maximum absolute atomic E-state index is 7.81. The van der Waals surface area contributed by atoms with E-state index in [1.54, 1.807) is 0 Å². The van der Waals surface area contributed by atoms with Crippen molar-refractivity contribution in [2.75, 3.05) is 24.5 Å². The summed E-state index contributed by atoms with van der Waals surface area (Å²) in [4.78, 5) is 12.5. The summed E-state index contributed by atoms with van der Waals surface area (Å²) in [6.45, 7) is 6.61. The Labute approximate surface area is 456 Å². The topological polar surface area (TPSA) is 25.4 Å². The predicted molar refractivity (Wildman–Crippen MR) is 328 cm³/mol. The molecule has 0 radical (unpaired) electrons. The zero-order chi connectivity index (χ0) is 51.8. The molecule has 8 heteroatoms. The molecule has 16 rings (SSSR count). The van der Waals surface area contributed by atoms with Gasteiger partial charge in [0.2, 0.25) is 0 Å².